The van der Waals surface area contributed by atoms with Gasteiger partial charge in [0.25, 0.3) is 0 Å². The molecule has 0 radical (unpaired) electrons. The van der Waals surface area contributed by atoms with Crippen LogP contribution in [0.3, 0.4) is 0 Å². The van der Waals surface area contributed by atoms with Crippen molar-refractivity contribution in [2.24, 2.45) is 21.5 Å². The zero-order chi connectivity index (χ0) is 13.8. The summed E-state index contributed by atoms with van der Waals surface area (Å²) in [5.74, 6) is 1.96. The summed E-state index contributed by atoms with van der Waals surface area (Å²) in [5, 5.41) is 0. The molecule has 0 saturated carbocycles. The first-order valence-corrected chi connectivity index (χ1v) is 5.76. The molecule has 102 valence electrons. The molecule has 0 fully saturated rings. The summed E-state index contributed by atoms with van der Waals surface area (Å²) in [6, 6.07) is 5.75. The van der Waals surface area contributed by atoms with Crippen LogP contribution in [0.1, 0.15) is 5.56 Å². The van der Waals surface area contributed by atoms with E-state index in [1.165, 1.54) is 0 Å². The Morgan fingerprint density at radius 2 is 2.05 bits per heavy atom. The Bertz CT molecular complexity index is 527. The van der Waals surface area contributed by atoms with Gasteiger partial charge in [0.1, 0.15) is 0 Å². The van der Waals surface area contributed by atoms with Crippen molar-refractivity contribution in [2.45, 2.75) is 6.54 Å². The lowest BCUT2D eigenvalue weighted by molar-refractivity contribution is 0.174. The first-order valence-electron chi connectivity index (χ1n) is 5.76. The molecular weight excluding hydrogens is 246 g/mol. The number of hydrogen-bond donors (Lipinski definition) is 2. The molecule has 0 spiro atoms. The number of ether oxygens (including phenoxy) is 2. The first-order chi connectivity index (χ1) is 9.10. The van der Waals surface area contributed by atoms with Crippen molar-refractivity contribution in [1.82, 2.24) is 4.90 Å². The van der Waals surface area contributed by atoms with E-state index in [9.17, 15) is 0 Å². The molecule has 0 aliphatic carbocycles. The van der Waals surface area contributed by atoms with Gasteiger partial charge in [0.15, 0.2) is 17.5 Å². The largest absolute Gasteiger partial charge is 0.454 e. The van der Waals surface area contributed by atoms with E-state index in [2.05, 4.69) is 9.98 Å². The van der Waals surface area contributed by atoms with Crippen LogP contribution < -0.4 is 20.9 Å². The van der Waals surface area contributed by atoms with Crippen LogP contribution in [0.5, 0.6) is 11.5 Å². The standard InChI is InChI=1S/C12H17N5O2/c1-15-11(13)16-12(14)17(2)6-8-3-4-9-10(5-8)19-7-18-9/h3-5H,6-7H2,1-2H3,(H4,13,14,15,16). The normalized spacial score (nSPS) is 14.6. The van der Waals surface area contributed by atoms with Crippen molar-refractivity contribution in [3.8, 4) is 11.5 Å². The summed E-state index contributed by atoms with van der Waals surface area (Å²) >= 11 is 0. The van der Waals surface area contributed by atoms with Crippen molar-refractivity contribution in [1.29, 1.82) is 0 Å². The maximum absolute atomic E-state index is 5.81. The number of rotatable bonds is 2. The fourth-order valence-corrected chi connectivity index (χ4v) is 1.65. The van der Waals surface area contributed by atoms with E-state index in [1.807, 2.05) is 25.2 Å². The number of hydrogen-bond acceptors (Lipinski definition) is 3. The number of aliphatic imine (C=N–C) groups is 2. The molecule has 1 aliphatic rings. The second kappa shape index (κ2) is 5.47. The molecule has 0 amide bonds. The Kier molecular flexibility index (Phi) is 3.74. The third-order valence-electron chi connectivity index (χ3n) is 2.71. The highest BCUT2D eigenvalue weighted by Crippen LogP contribution is 2.32. The number of nitrogens with two attached hydrogens (primary N) is 2. The highest BCUT2D eigenvalue weighted by molar-refractivity contribution is 5.93. The van der Waals surface area contributed by atoms with E-state index in [-0.39, 0.29) is 12.8 Å². The zero-order valence-corrected chi connectivity index (χ0v) is 11.0. The lowest BCUT2D eigenvalue weighted by Crippen LogP contribution is -2.35. The fraction of sp³-hybridized carbons (Fsp3) is 0.333. The molecule has 1 heterocycles. The summed E-state index contributed by atoms with van der Waals surface area (Å²) in [6.45, 7) is 0.852. The number of nitrogens with zero attached hydrogens (tertiary/aromatic N) is 3. The highest BCUT2D eigenvalue weighted by atomic mass is 16.7. The van der Waals surface area contributed by atoms with Crippen LogP contribution in [-0.2, 0) is 6.54 Å². The smallest absolute Gasteiger partial charge is 0.231 e. The molecule has 0 bridgehead atoms. The van der Waals surface area contributed by atoms with E-state index < -0.39 is 0 Å². The number of benzene rings is 1. The van der Waals surface area contributed by atoms with Gasteiger partial charge in [-0.2, -0.15) is 4.99 Å². The molecular formula is C12H17N5O2. The molecule has 7 nitrogen and oxygen atoms in total. The Morgan fingerprint density at radius 1 is 1.32 bits per heavy atom. The average Bonchev–Trinajstić information content (AvgIpc) is 2.85. The molecule has 0 saturated heterocycles. The van der Waals surface area contributed by atoms with Crippen LogP contribution in [0.15, 0.2) is 28.2 Å². The zero-order valence-electron chi connectivity index (χ0n) is 11.0. The SMILES string of the molecule is CN=C(N)N=C(N)N(C)Cc1ccc2c(c1)OCO2. The highest BCUT2D eigenvalue weighted by Gasteiger charge is 2.14. The van der Waals surface area contributed by atoms with Crippen LogP contribution in [0.25, 0.3) is 0 Å². The van der Waals surface area contributed by atoms with Gasteiger partial charge in [-0.3, -0.25) is 4.99 Å². The fourth-order valence-electron chi connectivity index (χ4n) is 1.65. The van der Waals surface area contributed by atoms with Crippen molar-refractivity contribution < 1.29 is 9.47 Å². The molecule has 0 unspecified atom stereocenters. The van der Waals surface area contributed by atoms with Gasteiger partial charge in [0, 0.05) is 20.6 Å². The molecule has 0 atom stereocenters. The predicted octanol–water partition coefficient (Wildman–Crippen LogP) is 0.106. The summed E-state index contributed by atoms with van der Waals surface area (Å²) < 4.78 is 10.6. The molecule has 1 aromatic rings. The Morgan fingerprint density at radius 3 is 2.79 bits per heavy atom. The molecule has 1 aliphatic heterocycles. The van der Waals surface area contributed by atoms with Gasteiger partial charge in [0.05, 0.1) is 0 Å². The van der Waals surface area contributed by atoms with Gasteiger partial charge in [-0.1, -0.05) is 6.07 Å². The Hall–Kier alpha value is -2.44. The van der Waals surface area contributed by atoms with Gasteiger partial charge in [-0.15, -0.1) is 0 Å². The van der Waals surface area contributed by atoms with Crippen LogP contribution in [0.2, 0.25) is 0 Å². The van der Waals surface area contributed by atoms with Crippen LogP contribution in [0, 0.1) is 0 Å². The van der Waals surface area contributed by atoms with Crippen molar-refractivity contribution in [3.05, 3.63) is 23.8 Å². The van der Waals surface area contributed by atoms with Crippen LogP contribution in [-0.4, -0.2) is 37.7 Å². The third kappa shape index (κ3) is 3.06. The van der Waals surface area contributed by atoms with Crippen molar-refractivity contribution in [2.75, 3.05) is 20.9 Å². The Balaban J connectivity index is 2.07. The molecule has 2 rings (SSSR count). The van der Waals surface area contributed by atoms with Crippen LogP contribution in [0.4, 0.5) is 0 Å². The first kappa shape index (κ1) is 13.0. The summed E-state index contributed by atoms with van der Waals surface area (Å²) in [7, 11) is 3.39. The van der Waals surface area contributed by atoms with E-state index in [4.69, 9.17) is 20.9 Å². The monoisotopic (exact) mass is 263 g/mol. The van der Waals surface area contributed by atoms with Gasteiger partial charge < -0.3 is 25.8 Å². The minimum Gasteiger partial charge on any atom is -0.454 e. The second-order valence-corrected chi connectivity index (χ2v) is 4.10. The Labute approximate surface area is 111 Å². The average molecular weight is 263 g/mol. The van der Waals surface area contributed by atoms with Crippen molar-refractivity contribution >= 4 is 11.9 Å². The summed E-state index contributed by atoms with van der Waals surface area (Å²) in [4.78, 5) is 9.46. The quantitative estimate of drug-likeness (QED) is 0.582. The molecule has 7 heteroatoms. The van der Waals surface area contributed by atoms with Gasteiger partial charge in [-0.25, -0.2) is 0 Å². The third-order valence-corrected chi connectivity index (χ3v) is 2.71. The lowest BCUT2D eigenvalue weighted by Gasteiger charge is -2.18. The summed E-state index contributed by atoms with van der Waals surface area (Å²) in [5.41, 5.74) is 12.4. The molecule has 1 aromatic carbocycles. The molecule has 0 aromatic heterocycles. The second-order valence-electron chi connectivity index (χ2n) is 4.10. The van der Waals surface area contributed by atoms with E-state index >= 15 is 0 Å². The maximum Gasteiger partial charge on any atom is 0.231 e. The van der Waals surface area contributed by atoms with E-state index in [0.29, 0.717) is 12.5 Å². The topological polar surface area (TPSA) is 98.5 Å². The maximum atomic E-state index is 5.81. The predicted molar refractivity (Wildman–Crippen MR) is 73.2 cm³/mol. The number of fused-ring (bicyclic) bond motifs is 1. The van der Waals surface area contributed by atoms with E-state index in [1.54, 1.807) is 11.9 Å². The lowest BCUT2D eigenvalue weighted by atomic mass is 10.2. The summed E-state index contributed by atoms with van der Waals surface area (Å²) in [6.07, 6.45) is 0. The van der Waals surface area contributed by atoms with Gasteiger partial charge in [-0.05, 0) is 17.7 Å². The number of guanidine groups is 2. The van der Waals surface area contributed by atoms with Gasteiger partial charge in [0.2, 0.25) is 12.8 Å². The molecule has 4 N–H and O–H groups in total. The van der Waals surface area contributed by atoms with Gasteiger partial charge >= 0.3 is 0 Å². The molecule has 19 heavy (non-hydrogen) atoms. The van der Waals surface area contributed by atoms with E-state index in [0.717, 1.165) is 17.1 Å². The van der Waals surface area contributed by atoms with Crippen LogP contribution >= 0.6 is 0 Å². The minimum atomic E-state index is 0.148. The van der Waals surface area contributed by atoms with Crippen molar-refractivity contribution in [3.63, 3.8) is 0 Å². The minimum absolute atomic E-state index is 0.148.